The fraction of sp³-hybridized carbons (Fsp3) is 0.667. The van der Waals surface area contributed by atoms with Crippen molar-refractivity contribution in [1.82, 2.24) is 9.80 Å². The van der Waals surface area contributed by atoms with Crippen LogP contribution in [0.1, 0.15) is 5.56 Å². The van der Waals surface area contributed by atoms with Crippen molar-refractivity contribution in [2.24, 2.45) is 0 Å². The Balaban J connectivity index is 1.50. The summed E-state index contributed by atoms with van der Waals surface area (Å²) in [6.45, 7) is 8.25. The monoisotopic (exact) mass is 336 g/mol. The number of nitrogens with zero attached hydrogens (tertiary/aromatic N) is 2. The summed E-state index contributed by atoms with van der Waals surface area (Å²) < 4.78 is 22.1. The highest BCUT2D eigenvalue weighted by molar-refractivity contribution is 5.40. The van der Waals surface area contributed by atoms with Crippen molar-refractivity contribution >= 4 is 0 Å². The minimum atomic E-state index is 0.226. The van der Waals surface area contributed by atoms with Gasteiger partial charge in [0.2, 0.25) is 0 Å². The smallest absolute Gasteiger partial charge is 0.123 e. The van der Waals surface area contributed by atoms with Crippen LogP contribution in [0.25, 0.3) is 0 Å². The Morgan fingerprint density at radius 2 is 1.83 bits per heavy atom. The van der Waals surface area contributed by atoms with Crippen LogP contribution in [-0.2, 0) is 16.0 Å². The lowest BCUT2D eigenvalue weighted by atomic mass is 10.1. The van der Waals surface area contributed by atoms with Gasteiger partial charge >= 0.3 is 0 Å². The van der Waals surface area contributed by atoms with E-state index in [9.17, 15) is 0 Å². The summed E-state index contributed by atoms with van der Waals surface area (Å²) in [5.74, 6) is 1.80. The number of hydrogen-bond acceptors (Lipinski definition) is 6. The van der Waals surface area contributed by atoms with Crippen LogP contribution in [0.5, 0.6) is 11.5 Å². The molecule has 0 N–H and O–H groups in total. The molecule has 0 amide bonds. The van der Waals surface area contributed by atoms with Crippen molar-refractivity contribution in [3.63, 3.8) is 0 Å². The van der Waals surface area contributed by atoms with Crippen molar-refractivity contribution in [3.8, 4) is 11.5 Å². The van der Waals surface area contributed by atoms with Crippen molar-refractivity contribution in [3.05, 3.63) is 23.8 Å². The molecule has 0 bridgehead atoms. The van der Waals surface area contributed by atoms with E-state index in [0.717, 1.165) is 70.6 Å². The van der Waals surface area contributed by atoms with Gasteiger partial charge in [-0.25, -0.2) is 0 Å². The second kappa shape index (κ2) is 8.67. The first kappa shape index (κ1) is 17.5. The third-order valence-electron chi connectivity index (χ3n) is 4.69. The van der Waals surface area contributed by atoms with Gasteiger partial charge in [0.25, 0.3) is 0 Å². The van der Waals surface area contributed by atoms with Gasteiger partial charge in [-0.05, 0) is 18.2 Å². The van der Waals surface area contributed by atoms with Gasteiger partial charge in [-0.15, -0.1) is 0 Å². The summed E-state index contributed by atoms with van der Waals surface area (Å²) in [5.41, 5.74) is 1.18. The Morgan fingerprint density at radius 1 is 1.04 bits per heavy atom. The summed E-state index contributed by atoms with van der Waals surface area (Å²) in [6, 6.07) is 5.98. The first-order valence-corrected chi connectivity index (χ1v) is 8.63. The SMILES string of the molecule is COc1ccc(OC)c(CN2CCN(CC3COCCO3)CC2)c1. The first-order chi connectivity index (χ1) is 11.8. The van der Waals surface area contributed by atoms with E-state index in [2.05, 4.69) is 15.9 Å². The summed E-state index contributed by atoms with van der Waals surface area (Å²) in [7, 11) is 3.41. The first-order valence-electron chi connectivity index (χ1n) is 8.63. The Labute approximate surface area is 144 Å². The van der Waals surface area contributed by atoms with Gasteiger partial charge in [-0.3, -0.25) is 9.80 Å². The van der Waals surface area contributed by atoms with Crippen molar-refractivity contribution in [1.29, 1.82) is 0 Å². The van der Waals surface area contributed by atoms with Gasteiger partial charge in [-0.2, -0.15) is 0 Å². The number of hydrogen-bond donors (Lipinski definition) is 0. The normalized spacial score (nSPS) is 23.2. The zero-order valence-corrected chi connectivity index (χ0v) is 14.7. The van der Waals surface area contributed by atoms with E-state index in [1.165, 1.54) is 5.56 Å². The minimum absolute atomic E-state index is 0.226. The van der Waals surface area contributed by atoms with Crippen LogP contribution in [0.4, 0.5) is 0 Å². The lowest BCUT2D eigenvalue weighted by Crippen LogP contribution is -2.49. The lowest BCUT2D eigenvalue weighted by Gasteiger charge is -2.37. The molecule has 0 saturated carbocycles. The molecular weight excluding hydrogens is 308 g/mol. The molecule has 2 aliphatic rings. The average molecular weight is 336 g/mol. The van der Waals surface area contributed by atoms with E-state index < -0.39 is 0 Å². The maximum absolute atomic E-state index is 5.75. The highest BCUT2D eigenvalue weighted by atomic mass is 16.6. The van der Waals surface area contributed by atoms with E-state index in [4.69, 9.17) is 18.9 Å². The van der Waals surface area contributed by atoms with Gasteiger partial charge < -0.3 is 18.9 Å². The number of piperazine rings is 1. The molecule has 1 aromatic rings. The molecule has 2 aliphatic heterocycles. The van der Waals surface area contributed by atoms with Crippen molar-refractivity contribution in [2.45, 2.75) is 12.6 Å². The van der Waals surface area contributed by atoms with Gasteiger partial charge in [0, 0.05) is 44.8 Å². The molecule has 1 atom stereocenters. The van der Waals surface area contributed by atoms with E-state index in [-0.39, 0.29) is 6.10 Å². The third kappa shape index (κ3) is 4.60. The fourth-order valence-corrected chi connectivity index (χ4v) is 3.31. The summed E-state index contributed by atoms with van der Waals surface area (Å²) in [4.78, 5) is 4.94. The van der Waals surface area contributed by atoms with Gasteiger partial charge in [0.1, 0.15) is 11.5 Å². The van der Waals surface area contributed by atoms with Crippen LogP contribution in [-0.4, -0.2) is 82.7 Å². The Kier molecular flexibility index (Phi) is 6.31. The van der Waals surface area contributed by atoms with Gasteiger partial charge in [0.15, 0.2) is 0 Å². The summed E-state index contributed by atoms with van der Waals surface area (Å²) in [5, 5.41) is 0. The standard InChI is InChI=1S/C18H28N2O4/c1-21-16-3-4-18(22-2)15(11-16)12-19-5-7-20(8-6-19)13-17-14-23-9-10-24-17/h3-4,11,17H,5-10,12-14H2,1-2H3. The molecule has 2 fully saturated rings. The van der Waals surface area contributed by atoms with Crippen LogP contribution < -0.4 is 9.47 Å². The molecule has 24 heavy (non-hydrogen) atoms. The number of benzene rings is 1. The van der Waals surface area contributed by atoms with Gasteiger partial charge in [-0.1, -0.05) is 0 Å². The number of ether oxygens (including phenoxy) is 4. The molecule has 2 heterocycles. The van der Waals surface area contributed by atoms with Crippen LogP contribution >= 0.6 is 0 Å². The summed E-state index contributed by atoms with van der Waals surface area (Å²) >= 11 is 0. The highest BCUT2D eigenvalue weighted by Crippen LogP contribution is 2.25. The molecule has 0 aliphatic carbocycles. The quantitative estimate of drug-likeness (QED) is 0.779. The molecular formula is C18H28N2O4. The predicted molar refractivity (Wildman–Crippen MR) is 91.8 cm³/mol. The molecule has 3 rings (SSSR count). The topological polar surface area (TPSA) is 43.4 Å². The average Bonchev–Trinajstić information content (AvgIpc) is 2.64. The molecule has 6 nitrogen and oxygen atoms in total. The Morgan fingerprint density at radius 3 is 2.50 bits per heavy atom. The molecule has 1 aromatic carbocycles. The maximum atomic E-state index is 5.75. The summed E-state index contributed by atoms with van der Waals surface area (Å²) in [6.07, 6.45) is 0.226. The van der Waals surface area contributed by atoms with E-state index in [1.807, 2.05) is 12.1 Å². The van der Waals surface area contributed by atoms with Crippen molar-refractivity contribution < 1.29 is 18.9 Å². The minimum Gasteiger partial charge on any atom is -0.497 e. The largest absolute Gasteiger partial charge is 0.497 e. The van der Waals surface area contributed by atoms with E-state index >= 15 is 0 Å². The number of rotatable bonds is 6. The van der Waals surface area contributed by atoms with E-state index in [0.29, 0.717) is 0 Å². The molecule has 6 heteroatoms. The maximum Gasteiger partial charge on any atom is 0.123 e. The molecule has 0 aromatic heterocycles. The lowest BCUT2D eigenvalue weighted by molar-refractivity contribution is -0.1000. The van der Waals surface area contributed by atoms with E-state index in [1.54, 1.807) is 14.2 Å². The molecule has 2 saturated heterocycles. The van der Waals surface area contributed by atoms with Crippen LogP contribution in [0.2, 0.25) is 0 Å². The zero-order valence-electron chi connectivity index (χ0n) is 14.7. The van der Waals surface area contributed by atoms with Gasteiger partial charge in [0.05, 0.1) is 40.1 Å². The Bertz CT molecular complexity index is 512. The Hall–Kier alpha value is -1.34. The van der Waals surface area contributed by atoms with Crippen molar-refractivity contribution in [2.75, 3.05) is 66.8 Å². The predicted octanol–water partition coefficient (Wildman–Crippen LogP) is 1.24. The zero-order chi connectivity index (χ0) is 16.8. The highest BCUT2D eigenvalue weighted by Gasteiger charge is 2.23. The molecule has 134 valence electrons. The molecule has 1 unspecified atom stereocenters. The third-order valence-corrected chi connectivity index (χ3v) is 4.69. The van der Waals surface area contributed by atoms with Crippen LogP contribution in [0, 0.1) is 0 Å². The van der Waals surface area contributed by atoms with Crippen LogP contribution in [0.15, 0.2) is 18.2 Å². The second-order valence-electron chi connectivity index (χ2n) is 6.32. The fourth-order valence-electron chi connectivity index (χ4n) is 3.31. The molecule has 0 radical (unpaired) electrons. The number of methoxy groups -OCH3 is 2. The molecule has 0 spiro atoms. The second-order valence-corrected chi connectivity index (χ2v) is 6.32. The van der Waals surface area contributed by atoms with Crippen LogP contribution in [0.3, 0.4) is 0 Å².